The van der Waals surface area contributed by atoms with Gasteiger partial charge in [-0.2, -0.15) is 0 Å². The van der Waals surface area contributed by atoms with Gasteiger partial charge in [-0.1, -0.05) is 6.92 Å². The molecule has 1 unspecified atom stereocenters. The van der Waals surface area contributed by atoms with Crippen molar-refractivity contribution in [2.45, 2.75) is 72.4 Å². The van der Waals surface area contributed by atoms with Crippen LogP contribution in [0.5, 0.6) is 0 Å². The number of aliphatic imine (C=N–C) groups is 1. The minimum atomic E-state index is -0.231. The fourth-order valence-corrected chi connectivity index (χ4v) is 3.10. The van der Waals surface area contributed by atoms with Gasteiger partial charge < -0.3 is 16.0 Å². The van der Waals surface area contributed by atoms with Gasteiger partial charge in [0, 0.05) is 30.7 Å². The number of amides is 1. The molecule has 1 fully saturated rings. The maximum Gasteiger partial charge on any atom is 0.242 e. The van der Waals surface area contributed by atoms with Crippen LogP contribution in [0.3, 0.4) is 0 Å². The summed E-state index contributed by atoms with van der Waals surface area (Å²) in [7, 11) is 0. The first kappa shape index (κ1) is 25.4. The Kier molecular flexibility index (Phi) is 11.1. The third-order valence-corrected chi connectivity index (χ3v) is 4.44. The van der Waals surface area contributed by atoms with Crippen LogP contribution < -0.4 is 16.0 Å². The quantitative estimate of drug-likeness (QED) is 0.310. The van der Waals surface area contributed by atoms with Gasteiger partial charge in [0.2, 0.25) is 5.91 Å². The molecular weight excluding hydrogens is 441 g/mol. The molecule has 0 bridgehead atoms. The van der Waals surface area contributed by atoms with Gasteiger partial charge in [-0.25, -0.2) is 4.99 Å². The van der Waals surface area contributed by atoms with Crippen molar-refractivity contribution in [2.75, 3.05) is 32.7 Å². The molecule has 3 N–H and O–H groups in total. The van der Waals surface area contributed by atoms with Crippen LogP contribution >= 0.6 is 24.0 Å². The summed E-state index contributed by atoms with van der Waals surface area (Å²) in [6.07, 6.45) is 2.60. The molecule has 1 amide bonds. The van der Waals surface area contributed by atoms with Crippen LogP contribution in [0.2, 0.25) is 0 Å². The fraction of sp³-hybridized carbons (Fsp3) is 0.895. The molecule has 0 aromatic rings. The molecule has 7 heteroatoms. The fourth-order valence-electron chi connectivity index (χ4n) is 3.10. The lowest BCUT2D eigenvalue weighted by Crippen LogP contribution is -2.56. The van der Waals surface area contributed by atoms with Crippen LogP contribution in [-0.4, -0.2) is 60.6 Å². The Morgan fingerprint density at radius 3 is 2.38 bits per heavy atom. The zero-order valence-electron chi connectivity index (χ0n) is 17.7. The smallest absolute Gasteiger partial charge is 0.242 e. The van der Waals surface area contributed by atoms with Crippen molar-refractivity contribution >= 4 is 35.8 Å². The summed E-state index contributed by atoms with van der Waals surface area (Å²) in [5, 5.41) is 9.57. The third kappa shape index (κ3) is 9.94. The first-order valence-electron chi connectivity index (χ1n) is 9.62. The van der Waals surface area contributed by atoms with Gasteiger partial charge in [0.15, 0.2) is 5.96 Å². The molecule has 1 heterocycles. The summed E-state index contributed by atoms with van der Waals surface area (Å²) in [6, 6.07) is 0. The Labute approximate surface area is 177 Å². The van der Waals surface area contributed by atoms with Crippen LogP contribution in [0.25, 0.3) is 0 Å². The SMILES string of the molecule is CCNC(=NCC(=O)NC(C)(C)C)NCC(C)(C)N1CCCC(C)C1.I. The molecule has 1 aliphatic heterocycles. The van der Waals surface area contributed by atoms with Crippen LogP contribution in [-0.2, 0) is 4.79 Å². The standard InChI is InChI=1S/C19H39N5O.HI/c1-8-20-17(21-12-16(25)23-18(3,4)5)22-14-19(6,7)24-11-9-10-15(2)13-24;/h15H,8-14H2,1-7H3,(H,23,25)(H2,20,21,22);1H. The van der Waals surface area contributed by atoms with E-state index in [0.29, 0.717) is 5.96 Å². The Bertz CT molecular complexity index is 459. The second-order valence-corrected chi connectivity index (χ2v) is 8.85. The van der Waals surface area contributed by atoms with E-state index in [0.717, 1.165) is 32.1 Å². The summed E-state index contributed by atoms with van der Waals surface area (Å²) in [5.74, 6) is 1.40. The van der Waals surface area contributed by atoms with Crippen LogP contribution in [0.1, 0.15) is 61.3 Å². The third-order valence-electron chi connectivity index (χ3n) is 4.44. The van der Waals surface area contributed by atoms with E-state index >= 15 is 0 Å². The highest BCUT2D eigenvalue weighted by Crippen LogP contribution is 2.23. The molecule has 0 aromatic heterocycles. The van der Waals surface area contributed by atoms with E-state index in [1.54, 1.807) is 0 Å². The molecule has 1 atom stereocenters. The Hall–Kier alpha value is -0.570. The van der Waals surface area contributed by atoms with Gasteiger partial charge in [-0.05, 0) is 66.8 Å². The molecular formula is C19H40IN5O. The van der Waals surface area contributed by atoms with Gasteiger partial charge >= 0.3 is 0 Å². The highest BCUT2D eigenvalue weighted by Gasteiger charge is 2.30. The molecule has 0 aliphatic carbocycles. The predicted octanol–water partition coefficient (Wildman–Crippen LogP) is 2.58. The summed E-state index contributed by atoms with van der Waals surface area (Å²) in [6.45, 7) is 18.8. The van der Waals surface area contributed by atoms with E-state index in [-0.39, 0.29) is 47.5 Å². The number of rotatable bonds is 6. The Balaban J connectivity index is 0.00000625. The van der Waals surface area contributed by atoms with Crippen molar-refractivity contribution in [3.05, 3.63) is 0 Å². The zero-order valence-corrected chi connectivity index (χ0v) is 20.1. The number of nitrogens with one attached hydrogen (secondary N) is 3. The van der Waals surface area contributed by atoms with Crippen LogP contribution in [0.15, 0.2) is 4.99 Å². The second-order valence-electron chi connectivity index (χ2n) is 8.85. The minimum Gasteiger partial charge on any atom is -0.357 e. The first-order chi connectivity index (χ1) is 11.5. The average molecular weight is 481 g/mol. The summed E-state index contributed by atoms with van der Waals surface area (Å²) in [4.78, 5) is 19.0. The van der Waals surface area contributed by atoms with Crippen LogP contribution in [0, 0.1) is 5.92 Å². The van der Waals surface area contributed by atoms with E-state index < -0.39 is 0 Å². The number of piperidine rings is 1. The average Bonchev–Trinajstić information content (AvgIpc) is 2.48. The minimum absolute atomic E-state index is 0. The maximum absolute atomic E-state index is 12.0. The van der Waals surface area contributed by atoms with E-state index in [4.69, 9.17) is 0 Å². The molecule has 26 heavy (non-hydrogen) atoms. The van der Waals surface area contributed by atoms with Crippen molar-refractivity contribution in [3.63, 3.8) is 0 Å². The van der Waals surface area contributed by atoms with Gasteiger partial charge in [-0.3, -0.25) is 9.69 Å². The highest BCUT2D eigenvalue weighted by molar-refractivity contribution is 14.0. The van der Waals surface area contributed by atoms with Crippen molar-refractivity contribution in [1.82, 2.24) is 20.9 Å². The topological polar surface area (TPSA) is 68.8 Å². The largest absolute Gasteiger partial charge is 0.357 e. The molecule has 0 saturated carbocycles. The molecule has 1 saturated heterocycles. The number of hydrogen-bond acceptors (Lipinski definition) is 3. The highest BCUT2D eigenvalue weighted by atomic mass is 127. The lowest BCUT2D eigenvalue weighted by atomic mass is 9.93. The molecule has 1 rings (SSSR count). The van der Waals surface area contributed by atoms with Crippen molar-refractivity contribution in [1.29, 1.82) is 0 Å². The number of hydrogen-bond donors (Lipinski definition) is 3. The van der Waals surface area contributed by atoms with Crippen LogP contribution in [0.4, 0.5) is 0 Å². The van der Waals surface area contributed by atoms with Gasteiger partial charge in [-0.15, -0.1) is 24.0 Å². The lowest BCUT2D eigenvalue weighted by molar-refractivity contribution is -0.121. The van der Waals surface area contributed by atoms with E-state index in [1.165, 1.54) is 12.8 Å². The molecule has 0 aromatic carbocycles. The van der Waals surface area contributed by atoms with E-state index in [1.807, 2.05) is 27.7 Å². The van der Waals surface area contributed by atoms with E-state index in [9.17, 15) is 4.79 Å². The number of carbonyl (C=O) groups is 1. The van der Waals surface area contributed by atoms with Crippen molar-refractivity contribution in [3.8, 4) is 0 Å². The van der Waals surface area contributed by atoms with E-state index in [2.05, 4.69) is 46.6 Å². The summed E-state index contributed by atoms with van der Waals surface area (Å²) >= 11 is 0. The lowest BCUT2D eigenvalue weighted by Gasteiger charge is -2.43. The number of guanidine groups is 1. The first-order valence-corrected chi connectivity index (χ1v) is 9.62. The Morgan fingerprint density at radius 1 is 1.19 bits per heavy atom. The number of halogens is 1. The second kappa shape index (κ2) is 11.3. The Morgan fingerprint density at radius 2 is 1.85 bits per heavy atom. The molecule has 0 radical (unpaired) electrons. The molecule has 6 nitrogen and oxygen atoms in total. The molecule has 1 aliphatic rings. The zero-order chi connectivity index (χ0) is 19.1. The number of nitrogens with zero attached hydrogens (tertiary/aromatic N) is 2. The summed E-state index contributed by atoms with van der Waals surface area (Å²) < 4.78 is 0. The summed E-state index contributed by atoms with van der Waals surface area (Å²) in [5.41, 5.74) is -0.177. The van der Waals surface area contributed by atoms with Crippen molar-refractivity contribution < 1.29 is 4.79 Å². The number of likely N-dealkylation sites (tertiary alicyclic amines) is 1. The molecule has 154 valence electrons. The monoisotopic (exact) mass is 481 g/mol. The van der Waals surface area contributed by atoms with Gasteiger partial charge in [0.25, 0.3) is 0 Å². The molecule has 0 spiro atoms. The van der Waals surface area contributed by atoms with Gasteiger partial charge in [0.05, 0.1) is 0 Å². The van der Waals surface area contributed by atoms with Gasteiger partial charge in [0.1, 0.15) is 6.54 Å². The number of carbonyl (C=O) groups excluding carboxylic acids is 1. The normalized spacial score (nSPS) is 19.5. The maximum atomic E-state index is 12.0. The predicted molar refractivity (Wildman–Crippen MR) is 121 cm³/mol. The van der Waals surface area contributed by atoms with Crippen molar-refractivity contribution in [2.24, 2.45) is 10.9 Å².